The van der Waals surface area contributed by atoms with Gasteiger partial charge < -0.3 is 14.4 Å². The number of hydrogen-bond donors (Lipinski definition) is 1. The van der Waals surface area contributed by atoms with E-state index in [2.05, 4.69) is 4.98 Å². The van der Waals surface area contributed by atoms with E-state index in [0.29, 0.717) is 0 Å². The van der Waals surface area contributed by atoms with E-state index in [1.807, 2.05) is 24.3 Å². The molecule has 2 rings (SSSR count). The minimum atomic E-state index is -0.885. The average Bonchev–Trinajstić information content (AvgIpc) is 2.77. The standard InChI is InChI=1S/C12H12N2O3/c1-17-10-4-2-9(3-5-10)11-6-14(8-13-11)7-12(15)16/h2-6,8H,7H2,1H3,(H,15,16). The van der Waals surface area contributed by atoms with Crippen molar-refractivity contribution < 1.29 is 14.6 Å². The summed E-state index contributed by atoms with van der Waals surface area (Å²) >= 11 is 0. The highest BCUT2D eigenvalue weighted by Crippen LogP contribution is 2.20. The maximum absolute atomic E-state index is 10.5. The van der Waals surface area contributed by atoms with Crippen molar-refractivity contribution in [2.24, 2.45) is 0 Å². The monoisotopic (exact) mass is 232 g/mol. The molecule has 1 aromatic heterocycles. The topological polar surface area (TPSA) is 64.3 Å². The van der Waals surface area contributed by atoms with Crippen LogP contribution in [0.3, 0.4) is 0 Å². The van der Waals surface area contributed by atoms with Crippen LogP contribution in [0.25, 0.3) is 11.3 Å². The van der Waals surface area contributed by atoms with Gasteiger partial charge in [-0.3, -0.25) is 4.79 Å². The van der Waals surface area contributed by atoms with Gasteiger partial charge in [0.2, 0.25) is 0 Å². The van der Waals surface area contributed by atoms with Crippen molar-refractivity contribution in [2.45, 2.75) is 6.54 Å². The summed E-state index contributed by atoms with van der Waals surface area (Å²) in [4.78, 5) is 14.7. The predicted octanol–water partition coefficient (Wildman–Crippen LogP) is 1.64. The zero-order valence-corrected chi connectivity index (χ0v) is 9.33. The molecule has 0 aliphatic rings. The van der Waals surface area contributed by atoms with Gasteiger partial charge in [-0.15, -0.1) is 0 Å². The average molecular weight is 232 g/mol. The van der Waals surface area contributed by atoms with Crippen LogP contribution in [0.15, 0.2) is 36.8 Å². The first-order valence-electron chi connectivity index (χ1n) is 5.07. The highest BCUT2D eigenvalue weighted by Gasteiger charge is 2.04. The van der Waals surface area contributed by atoms with Gasteiger partial charge in [0, 0.05) is 11.8 Å². The molecule has 2 aromatic rings. The molecule has 1 aromatic carbocycles. The first kappa shape index (κ1) is 11.2. The van der Waals surface area contributed by atoms with Crippen molar-refractivity contribution >= 4 is 5.97 Å². The number of carboxylic acids is 1. The van der Waals surface area contributed by atoms with Crippen LogP contribution >= 0.6 is 0 Å². The Morgan fingerprint density at radius 1 is 1.41 bits per heavy atom. The summed E-state index contributed by atoms with van der Waals surface area (Å²) in [7, 11) is 1.61. The van der Waals surface area contributed by atoms with Gasteiger partial charge in [-0.1, -0.05) is 0 Å². The number of aromatic nitrogens is 2. The van der Waals surface area contributed by atoms with Gasteiger partial charge in [0.15, 0.2) is 0 Å². The van der Waals surface area contributed by atoms with E-state index < -0.39 is 5.97 Å². The van der Waals surface area contributed by atoms with E-state index in [1.54, 1.807) is 13.3 Å². The van der Waals surface area contributed by atoms with Gasteiger partial charge in [0.25, 0.3) is 0 Å². The lowest BCUT2D eigenvalue weighted by molar-refractivity contribution is -0.137. The highest BCUT2D eigenvalue weighted by molar-refractivity contribution is 5.67. The Kier molecular flexibility index (Phi) is 3.09. The molecule has 0 fully saturated rings. The molecule has 0 unspecified atom stereocenters. The molecule has 0 aliphatic heterocycles. The number of nitrogens with zero attached hydrogens (tertiary/aromatic N) is 2. The number of carbonyl (C=O) groups is 1. The number of rotatable bonds is 4. The summed E-state index contributed by atoms with van der Waals surface area (Å²) in [5, 5.41) is 8.65. The molecule has 5 heteroatoms. The van der Waals surface area contributed by atoms with Crippen LogP contribution in [-0.4, -0.2) is 27.7 Å². The molecule has 0 aliphatic carbocycles. The van der Waals surface area contributed by atoms with E-state index >= 15 is 0 Å². The Morgan fingerprint density at radius 3 is 2.71 bits per heavy atom. The van der Waals surface area contributed by atoms with Crippen LogP contribution in [0.5, 0.6) is 5.75 Å². The number of carboxylic acid groups (broad SMARTS) is 1. The maximum atomic E-state index is 10.5. The van der Waals surface area contributed by atoms with Gasteiger partial charge in [0.1, 0.15) is 12.3 Å². The van der Waals surface area contributed by atoms with E-state index in [9.17, 15) is 4.79 Å². The highest BCUT2D eigenvalue weighted by atomic mass is 16.5. The first-order chi connectivity index (χ1) is 8.19. The second kappa shape index (κ2) is 4.69. The lowest BCUT2D eigenvalue weighted by Crippen LogP contribution is -2.06. The van der Waals surface area contributed by atoms with Crippen molar-refractivity contribution in [3.8, 4) is 17.0 Å². The third kappa shape index (κ3) is 2.63. The van der Waals surface area contributed by atoms with Crippen molar-refractivity contribution in [1.82, 2.24) is 9.55 Å². The fraction of sp³-hybridized carbons (Fsp3) is 0.167. The van der Waals surface area contributed by atoms with Crippen molar-refractivity contribution in [1.29, 1.82) is 0 Å². The number of hydrogen-bond acceptors (Lipinski definition) is 3. The number of benzene rings is 1. The van der Waals surface area contributed by atoms with Crippen LogP contribution in [0.2, 0.25) is 0 Å². The van der Waals surface area contributed by atoms with Gasteiger partial charge >= 0.3 is 5.97 Å². The smallest absolute Gasteiger partial charge is 0.323 e. The molecule has 0 atom stereocenters. The summed E-state index contributed by atoms with van der Waals surface area (Å²) < 4.78 is 6.59. The van der Waals surface area contributed by atoms with Gasteiger partial charge in [-0.2, -0.15) is 0 Å². The zero-order chi connectivity index (χ0) is 12.3. The third-order valence-electron chi connectivity index (χ3n) is 2.34. The minimum absolute atomic E-state index is 0.0802. The Hall–Kier alpha value is -2.30. The van der Waals surface area contributed by atoms with Crippen molar-refractivity contribution in [3.63, 3.8) is 0 Å². The van der Waals surface area contributed by atoms with Crippen molar-refractivity contribution in [3.05, 3.63) is 36.8 Å². The van der Waals surface area contributed by atoms with E-state index in [-0.39, 0.29) is 6.54 Å². The van der Waals surface area contributed by atoms with Crippen LogP contribution in [0, 0.1) is 0 Å². The van der Waals surface area contributed by atoms with E-state index in [4.69, 9.17) is 9.84 Å². The molecule has 0 spiro atoms. The summed E-state index contributed by atoms with van der Waals surface area (Å²) in [5.74, 6) is -0.109. The Balaban J connectivity index is 2.21. The van der Waals surface area contributed by atoms with Gasteiger partial charge in [-0.25, -0.2) is 4.98 Å². The first-order valence-corrected chi connectivity index (χ1v) is 5.07. The zero-order valence-electron chi connectivity index (χ0n) is 9.33. The normalized spacial score (nSPS) is 10.2. The molecular formula is C12H12N2O3. The molecule has 0 saturated heterocycles. The number of imidazole rings is 1. The minimum Gasteiger partial charge on any atom is -0.497 e. The largest absolute Gasteiger partial charge is 0.497 e. The van der Waals surface area contributed by atoms with E-state index in [1.165, 1.54) is 10.9 Å². The molecule has 0 bridgehead atoms. The molecule has 5 nitrogen and oxygen atoms in total. The quantitative estimate of drug-likeness (QED) is 0.870. The number of ether oxygens (including phenoxy) is 1. The predicted molar refractivity (Wildman–Crippen MR) is 61.9 cm³/mol. The Morgan fingerprint density at radius 2 is 2.12 bits per heavy atom. The molecular weight excluding hydrogens is 220 g/mol. The molecule has 17 heavy (non-hydrogen) atoms. The van der Waals surface area contributed by atoms with Crippen LogP contribution < -0.4 is 4.74 Å². The summed E-state index contributed by atoms with van der Waals surface area (Å²) in [6.45, 7) is -0.0802. The maximum Gasteiger partial charge on any atom is 0.323 e. The number of aliphatic carboxylic acids is 1. The Labute approximate surface area is 98.3 Å². The van der Waals surface area contributed by atoms with Crippen LogP contribution in [0.4, 0.5) is 0 Å². The SMILES string of the molecule is COc1ccc(-c2cn(CC(=O)O)cn2)cc1. The summed E-state index contributed by atoms with van der Waals surface area (Å²) in [5.41, 5.74) is 1.67. The van der Waals surface area contributed by atoms with Crippen LogP contribution in [-0.2, 0) is 11.3 Å². The molecule has 0 amide bonds. The molecule has 88 valence electrons. The second-order valence-electron chi connectivity index (χ2n) is 3.55. The summed E-state index contributed by atoms with van der Waals surface area (Å²) in [6, 6.07) is 7.44. The van der Waals surface area contributed by atoms with Gasteiger partial charge in [0.05, 0.1) is 19.1 Å². The Bertz CT molecular complexity index is 517. The molecule has 0 radical (unpaired) electrons. The van der Waals surface area contributed by atoms with Gasteiger partial charge in [-0.05, 0) is 24.3 Å². The second-order valence-corrected chi connectivity index (χ2v) is 3.55. The molecule has 1 N–H and O–H groups in total. The molecule has 0 saturated carbocycles. The lowest BCUT2D eigenvalue weighted by Gasteiger charge is -2.00. The summed E-state index contributed by atoms with van der Waals surface area (Å²) in [6.07, 6.45) is 3.21. The fourth-order valence-corrected chi connectivity index (χ4v) is 1.51. The van der Waals surface area contributed by atoms with E-state index in [0.717, 1.165) is 17.0 Å². The molecule has 1 heterocycles. The fourth-order valence-electron chi connectivity index (χ4n) is 1.51. The lowest BCUT2D eigenvalue weighted by atomic mass is 10.2. The third-order valence-corrected chi connectivity index (χ3v) is 2.34. The number of methoxy groups -OCH3 is 1. The van der Waals surface area contributed by atoms with Crippen LogP contribution in [0.1, 0.15) is 0 Å². The van der Waals surface area contributed by atoms with Crippen molar-refractivity contribution in [2.75, 3.05) is 7.11 Å².